The van der Waals surface area contributed by atoms with Gasteiger partial charge in [-0.25, -0.2) is 0 Å². The molecule has 0 radical (unpaired) electrons. The number of aromatic nitrogens is 3. The van der Waals surface area contributed by atoms with Crippen LogP contribution in [0.3, 0.4) is 0 Å². The second-order valence-corrected chi connectivity index (χ2v) is 4.90. The van der Waals surface area contributed by atoms with E-state index < -0.39 is 0 Å². The molecular formula is C16H19N5O2. The Bertz CT molecular complexity index is 667. The van der Waals surface area contributed by atoms with Crippen LogP contribution >= 0.6 is 0 Å². The molecule has 0 aliphatic heterocycles. The van der Waals surface area contributed by atoms with Gasteiger partial charge < -0.3 is 10.6 Å². The first-order valence-corrected chi connectivity index (χ1v) is 7.31. The zero-order valence-corrected chi connectivity index (χ0v) is 12.7. The van der Waals surface area contributed by atoms with Gasteiger partial charge >= 0.3 is 0 Å². The van der Waals surface area contributed by atoms with Crippen molar-refractivity contribution < 1.29 is 9.59 Å². The summed E-state index contributed by atoms with van der Waals surface area (Å²) >= 11 is 0. The van der Waals surface area contributed by atoms with Gasteiger partial charge in [0.05, 0.1) is 12.6 Å². The smallest absolute Gasteiger partial charge is 0.247 e. The highest BCUT2D eigenvalue weighted by molar-refractivity contribution is 5.99. The first kappa shape index (κ1) is 16.4. The molecule has 2 amide bonds. The lowest BCUT2D eigenvalue weighted by molar-refractivity contribution is -0.120. The molecule has 0 fully saturated rings. The molecule has 7 heteroatoms. The lowest BCUT2D eigenvalue weighted by atomic mass is 10.1. The Morgan fingerprint density at radius 2 is 2.13 bits per heavy atom. The van der Waals surface area contributed by atoms with Crippen LogP contribution in [0.1, 0.15) is 12.0 Å². The van der Waals surface area contributed by atoms with Crippen LogP contribution in [0.5, 0.6) is 0 Å². The molecule has 0 saturated heterocycles. The number of carbonyl (C=O) groups is 2. The minimum absolute atomic E-state index is 0.0936. The monoisotopic (exact) mass is 313 g/mol. The molecule has 1 heterocycles. The molecule has 0 saturated carbocycles. The van der Waals surface area contributed by atoms with E-state index in [-0.39, 0.29) is 18.2 Å². The van der Waals surface area contributed by atoms with Crippen LogP contribution in [0.25, 0.3) is 0 Å². The molecule has 1 aromatic carbocycles. The molecule has 23 heavy (non-hydrogen) atoms. The number of hydrogen-bond acceptors (Lipinski definition) is 4. The Labute approximate surface area is 134 Å². The summed E-state index contributed by atoms with van der Waals surface area (Å²) in [5.41, 5.74) is 1.38. The fourth-order valence-electron chi connectivity index (χ4n) is 2.04. The number of para-hydroxylation sites is 1. The summed E-state index contributed by atoms with van der Waals surface area (Å²) in [5.74, 6) is -0.394. The molecule has 0 aliphatic carbocycles. The highest BCUT2D eigenvalue weighted by Crippen LogP contribution is 2.15. The average molecular weight is 313 g/mol. The fraction of sp³-hybridized carbons (Fsp3) is 0.250. The van der Waals surface area contributed by atoms with Crippen molar-refractivity contribution in [3.8, 4) is 0 Å². The molecule has 2 aromatic rings. The van der Waals surface area contributed by atoms with Crippen molar-refractivity contribution >= 4 is 17.5 Å². The molecule has 0 bridgehead atoms. The zero-order chi connectivity index (χ0) is 16.5. The molecule has 2 N–H and O–H groups in total. The van der Waals surface area contributed by atoms with Crippen molar-refractivity contribution in [3.63, 3.8) is 0 Å². The Kier molecular flexibility index (Phi) is 6.05. The van der Waals surface area contributed by atoms with Gasteiger partial charge in [0, 0.05) is 25.0 Å². The quantitative estimate of drug-likeness (QED) is 0.565. The number of carbonyl (C=O) groups excluding carboxylic acids is 2. The predicted molar refractivity (Wildman–Crippen MR) is 86.6 cm³/mol. The van der Waals surface area contributed by atoms with E-state index in [4.69, 9.17) is 0 Å². The summed E-state index contributed by atoms with van der Waals surface area (Å²) in [4.78, 5) is 23.4. The normalized spacial score (nSPS) is 10.1. The van der Waals surface area contributed by atoms with Gasteiger partial charge in [-0.1, -0.05) is 30.0 Å². The van der Waals surface area contributed by atoms with Crippen molar-refractivity contribution in [1.82, 2.24) is 20.3 Å². The number of anilines is 1. The molecule has 7 nitrogen and oxygen atoms in total. The third-order valence-electron chi connectivity index (χ3n) is 3.17. The summed E-state index contributed by atoms with van der Waals surface area (Å²) in [6, 6.07) is 7.21. The van der Waals surface area contributed by atoms with E-state index in [9.17, 15) is 9.59 Å². The maximum atomic E-state index is 12.0. The third-order valence-corrected chi connectivity index (χ3v) is 3.17. The minimum atomic E-state index is -0.300. The molecule has 0 atom stereocenters. The van der Waals surface area contributed by atoms with E-state index in [0.717, 1.165) is 12.0 Å². The van der Waals surface area contributed by atoms with Crippen molar-refractivity contribution in [1.29, 1.82) is 0 Å². The van der Waals surface area contributed by atoms with Gasteiger partial charge in [0.2, 0.25) is 11.8 Å². The first-order valence-electron chi connectivity index (χ1n) is 7.31. The Morgan fingerprint density at radius 1 is 1.30 bits per heavy atom. The topological polar surface area (TPSA) is 88.9 Å². The van der Waals surface area contributed by atoms with E-state index in [2.05, 4.69) is 27.5 Å². The molecule has 2 rings (SSSR count). The lowest BCUT2D eigenvalue weighted by Gasteiger charge is -2.10. The van der Waals surface area contributed by atoms with Crippen LogP contribution in [0, 0.1) is 0 Å². The number of rotatable bonds is 8. The fourth-order valence-corrected chi connectivity index (χ4v) is 2.04. The van der Waals surface area contributed by atoms with Crippen LogP contribution in [-0.2, 0) is 22.6 Å². The summed E-state index contributed by atoms with van der Waals surface area (Å²) in [6.45, 7) is 4.67. The van der Waals surface area contributed by atoms with Crippen LogP contribution in [-0.4, -0.2) is 33.4 Å². The third kappa shape index (κ3) is 5.39. The van der Waals surface area contributed by atoms with Gasteiger partial charge in [0.1, 0.15) is 0 Å². The minimum Gasteiger partial charge on any atom is -0.356 e. The standard InChI is InChI=1S/C16H19N5O2/c1-2-15(22)19-14-7-4-3-6-13(14)12-16(23)17-8-5-10-21-11-9-18-20-21/h2-4,6-7,9,11H,1,5,8,10,12H2,(H,17,23)(H,19,22). The Hall–Kier alpha value is -2.96. The van der Waals surface area contributed by atoms with E-state index >= 15 is 0 Å². The number of aryl methyl sites for hydroxylation is 1. The van der Waals surface area contributed by atoms with Crippen LogP contribution < -0.4 is 10.6 Å². The lowest BCUT2D eigenvalue weighted by Crippen LogP contribution is -2.27. The molecule has 1 aromatic heterocycles. The van der Waals surface area contributed by atoms with Gasteiger partial charge in [-0.15, -0.1) is 5.10 Å². The second-order valence-electron chi connectivity index (χ2n) is 4.90. The molecule has 0 aliphatic rings. The molecule has 0 unspecified atom stereocenters. The summed E-state index contributed by atoms with van der Waals surface area (Å²) in [6.07, 6.45) is 5.56. The van der Waals surface area contributed by atoms with Gasteiger partial charge in [0.25, 0.3) is 0 Å². The number of hydrogen-bond donors (Lipinski definition) is 2. The van der Waals surface area contributed by atoms with E-state index in [1.807, 2.05) is 12.1 Å². The van der Waals surface area contributed by atoms with Crippen molar-refractivity contribution in [2.75, 3.05) is 11.9 Å². The van der Waals surface area contributed by atoms with Crippen LogP contribution in [0.4, 0.5) is 5.69 Å². The van der Waals surface area contributed by atoms with Gasteiger partial charge in [0.15, 0.2) is 0 Å². The zero-order valence-electron chi connectivity index (χ0n) is 12.7. The second kappa shape index (κ2) is 8.47. The van der Waals surface area contributed by atoms with E-state index in [1.54, 1.807) is 29.2 Å². The van der Waals surface area contributed by atoms with Gasteiger partial charge in [-0.3, -0.25) is 14.3 Å². The Balaban J connectivity index is 1.80. The van der Waals surface area contributed by atoms with Crippen molar-refractivity contribution in [3.05, 3.63) is 54.9 Å². The molecular weight excluding hydrogens is 294 g/mol. The number of nitrogens with one attached hydrogen (secondary N) is 2. The predicted octanol–water partition coefficient (Wildman–Crippen LogP) is 1.15. The van der Waals surface area contributed by atoms with Gasteiger partial charge in [-0.05, 0) is 24.1 Å². The maximum absolute atomic E-state index is 12.0. The van der Waals surface area contributed by atoms with E-state index in [1.165, 1.54) is 6.08 Å². The highest BCUT2D eigenvalue weighted by Gasteiger charge is 2.08. The number of nitrogens with zero attached hydrogens (tertiary/aromatic N) is 3. The van der Waals surface area contributed by atoms with Crippen molar-refractivity contribution in [2.45, 2.75) is 19.4 Å². The van der Waals surface area contributed by atoms with Crippen LogP contribution in [0.2, 0.25) is 0 Å². The number of benzene rings is 1. The molecule has 0 spiro atoms. The first-order chi connectivity index (χ1) is 11.2. The molecule has 120 valence electrons. The summed E-state index contributed by atoms with van der Waals surface area (Å²) < 4.78 is 1.71. The summed E-state index contributed by atoms with van der Waals surface area (Å²) in [7, 11) is 0. The van der Waals surface area contributed by atoms with Crippen molar-refractivity contribution in [2.24, 2.45) is 0 Å². The SMILES string of the molecule is C=CC(=O)Nc1ccccc1CC(=O)NCCCn1ccnn1. The van der Waals surface area contributed by atoms with Gasteiger partial charge in [-0.2, -0.15) is 0 Å². The van der Waals surface area contributed by atoms with E-state index in [0.29, 0.717) is 18.8 Å². The summed E-state index contributed by atoms with van der Waals surface area (Å²) in [5, 5.41) is 13.1. The maximum Gasteiger partial charge on any atom is 0.247 e. The highest BCUT2D eigenvalue weighted by atomic mass is 16.2. The Morgan fingerprint density at radius 3 is 2.87 bits per heavy atom. The average Bonchev–Trinajstić information content (AvgIpc) is 3.06. The van der Waals surface area contributed by atoms with Crippen LogP contribution in [0.15, 0.2) is 49.3 Å². The number of amides is 2. The largest absolute Gasteiger partial charge is 0.356 e.